The average molecular weight is 424 g/mol. The van der Waals surface area contributed by atoms with Crippen molar-refractivity contribution in [2.24, 2.45) is 0 Å². The lowest BCUT2D eigenvalue weighted by molar-refractivity contribution is 0.326. The molecule has 4 aromatic rings. The third-order valence-corrected chi connectivity index (χ3v) is 5.78. The molecule has 3 aromatic heterocycles. The van der Waals surface area contributed by atoms with Gasteiger partial charge in [-0.1, -0.05) is 36.1 Å². The van der Waals surface area contributed by atoms with E-state index in [1.807, 2.05) is 41.8 Å². The van der Waals surface area contributed by atoms with Crippen molar-refractivity contribution >= 4 is 45.9 Å². The molecule has 0 radical (unpaired) electrons. The van der Waals surface area contributed by atoms with Crippen molar-refractivity contribution < 1.29 is 9.47 Å². The fourth-order valence-electron chi connectivity index (χ4n) is 2.66. The molecule has 8 heteroatoms. The molecular formula is C21H17N3O3S2. The number of fused-ring (bicyclic) bond motifs is 1. The Labute approximate surface area is 174 Å². The molecule has 0 N–H and O–H groups in total. The molecule has 4 rings (SSSR count). The maximum atomic E-state index is 12.7. The van der Waals surface area contributed by atoms with Gasteiger partial charge in [0.1, 0.15) is 6.61 Å². The molecule has 146 valence electrons. The third kappa shape index (κ3) is 4.13. The summed E-state index contributed by atoms with van der Waals surface area (Å²) in [5.74, 6) is 1.73. The third-order valence-electron chi connectivity index (χ3n) is 3.98. The van der Waals surface area contributed by atoms with Crippen LogP contribution in [0.4, 0.5) is 0 Å². The molecule has 0 spiro atoms. The first kappa shape index (κ1) is 19.1. The van der Waals surface area contributed by atoms with Crippen LogP contribution in [-0.4, -0.2) is 28.3 Å². The predicted molar refractivity (Wildman–Crippen MR) is 118 cm³/mol. The van der Waals surface area contributed by atoms with Gasteiger partial charge in [0.05, 0.1) is 11.6 Å². The minimum absolute atomic E-state index is 0.195. The second kappa shape index (κ2) is 8.42. The fourth-order valence-corrected chi connectivity index (χ4v) is 4.19. The van der Waals surface area contributed by atoms with E-state index in [0.717, 1.165) is 10.4 Å². The highest BCUT2D eigenvalue weighted by Crippen LogP contribution is 2.28. The van der Waals surface area contributed by atoms with Gasteiger partial charge in [0.15, 0.2) is 17.3 Å². The van der Waals surface area contributed by atoms with Crippen molar-refractivity contribution in [3.05, 3.63) is 79.5 Å². The summed E-state index contributed by atoms with van der Waals surface area (Å²) in [6.45, 7) is 4.03. The lowest BCUT2D eigenvalue weighted by atomic mass is 10.2. The molecule has 0 atom stereocenters. The number of hydrogen-bond acceptors (Lipinski definition) is 7. The van der Waals surface area contributed by atoms with E-state index < -0.39 is 0 Å². The Kier molecular flexibility index (Phi) is 5.55. The van der Waals surface area contributed by atoms with Crippen molar-refractivity contribution in [3.8, 4) is 11.5 Å². The van der Waals surface area contributed by atoms with Gasteiger partial charge in [-0.3, -0.25) is 4.79 Å². The summed E-state index contributed by atoms with van der Waals surface area (Å²) in [4.78, 5) is 18.8. The summed E-state index contributed by atoms with van der Waals surface area (Å²) in [7, 11) is 1.58. The minimum Gasteiger partial charge on any atom is -0.493 e. The number of ether oxygens (including phenoxy) is 2. The molecule has 0 aliphatic rings. The van der Waals surface area contributed by atoms with Gasteiger partial charge in [0.2, 0.25) is 4.96 Å². The number of hydrogen-bond donors (Lipinski definition) is 0. The van der Waals surface area contributed by atoms with Crippen LogP contribution in [0, 0.1) is 0 Å². The largest absolute Gasteiger partial charge is 0.493 e. The van der Waals surface area contributed by atoms with Gasteiger partial charge in [0.25, 0.3) is 5.56 Å². The van der Waals surface area contributed by atoms with Gasteiger partial charge in [-0.2, -0.15) is 9.50 Å². The maximum Gasteiger partial charge on any atom is 0.291 e. The Morgan fingerprint density at radius 3 is 2.86 bits per heavy atom. The Bertz CT molecular complexity index is 1290. The van der Waals surface area contributed by atoms with Crippen LogP contribution in [0.15, 0.2) is 53.2 Å². The number of aromatic nitrogens is 3. The van der Waals surface area contributed by atoms with Crippen LogP contribution in [0.3, 0.4) is 0 Å². The summed E-state index contributed by atoms with van der Waals surface area (Å²) >= 11 is 2.93. The summed E-state index contributed by atoms with van der Waals surface area (Å²) < 4.78 is 12.8. The molecule has 6 nitrogen and oxygen atoms in total. The average Bonchev–Trinajstić information content (AvgIpc) is 3.44. The lowest BCUT2D eigenvalue weighted by Gasteiger charge is -2.09. The molecule has 0 unspecified atom stereocenters. The number of rotatable bonds is 7. The number of nitrogens with zero attached hydrogens (tertiary/aromatic N) is 3. The molecule has 1 aromatic carbocycles. The van der Waals surface area contributed by atoms with Gasteiger partial charge in [-0.05, 0) is 47.4 Å². The van der Waals surface area contributed by atoms with Crippen LogP contribution >= 0.6 is 22.7 Å². The highest BCUT2D eigenvalue weighted by atomic mass is 32.1. The zero-order chi connectivity index (χ0) is 20.2. The number of thiazole rings is 1. The maximum absolute atomic E-state index is 12.7. The summed E-state index contributed by atoms with van der Waals surface area (Å²) in [5, 5.41) is 6.31. The zero-order valence-corrected chi connectivity index (χ0v) is 17.2. The molecule has 0 bridgehead atoms. The second-order valence-electron chi connectivity index (χ2n) is 5.94. The van der Waals surface area contributed by atoms with Crippen molar-refractivity contribution in [3.63, 3.8) is 0 Å². The minimum atomic E-state index is -0.195. The van der Waals surface area contributed by atoms with Crippen molar-refractivity contribution in [1.29, 1.82) is 0 Å². The van der Waals surface area contributed by atoms with Crippen LogP contribution in [0.25, 0.3) is 23.2 Å². The number of methoxy groups -OCH3 is 1. The van der Waals surface area contributed by atoms with E-state index >= 15 is 0 Å². The van der Waals surface area contributed by atoms with Gasteiger partial charge in [0, 0.05) is 4.88 Å². The molecule has 0 amide bonds. The van der Waals surface area contributed by atoms with Crippen LogP contribution in [-0.2, 0) is 0 Å². The fraction of sp³-hybridized carbons (Fsp3) is 0.0952. The normalized spacial score (nSPS) is 12.1. The first-order valence-corrected chi connectivity index (χ1v) is 10.4. The van der Waals surface area contributed by atoms with E-state index in [-0.39, 0.29) is 5.56 Å². The van der Waals surface area contributed by atoms with E-state index in [0.29, 0.717) is 33.4 Å². The van der Waals surface area contributed by atoms with E-state index in [1.54, 1.807) is 36.7 Å². The quantitative estimate of drug-likeness (QED) is 0.426. The SMILES string of the molecule is C=CCOc1ccc(C=c2sc3nc(C=Cc4cccs4)nn3c2=O)cc1OC. The Hall–Kier alpha value is -3.23. The van der Waals surface area contributed by atoms with Crippen LogP contribution in [0.5, 0.6) is 11.5 Å². The first-order valence-electron chi connectivity index (χ1n) is 8.72. The standard InChI is InChI=1S/C21H17N3O3S2/c1-3-10-27-16-8-6-14(12-17(16)26-2)13-18-20(25)24-21(29-18)22-19(23-24)9-7-15-5-4-11-28-15/h3-9,11-13H,1,10H2,2H3. The molecule has 0 aliphatic carbocycles. The van der Waals surface area contributed by atoms with Gasteiger partial charge in [-0.15, -0.1) is 16.4 Å². The van der Waals surface area contributed by atoms with Crippen molar-refractivity contribution in [2.75, 3.05) is 13.7 Å². The Balaban J connectivity index is 1.65. The molecule has 0 fully saturated rings. The van der Waals surface area contributed by atoms with Crippen LogP contribution in [0.2, 0.25) is 0 Å². The second-order valence-corrected chi connectivity index (χ2v) is 7.93. The monoisotopic (exact) mass is 423 g/mol. The van der Waals surface area contributed by atoms with Crippen LogP contribution in [0.1, 0.15) is 16.3 Å². The first-order chi connectivity index (χ1) is 14.2. The van der Waals surface area contributed by atoms with E-state index in [4.69, 9.17) is 9.47 Å². The highest BCUT2D eigenvalue weighted by Gasteiger charge is 2.10. The molecular weight excluding hydrogens is 406 g/mol. The van der Waals surface area contributed by atoms with E-state index in [1.165, 1.54) is 15.9 Å². The zero-order valence-electron chi connectivity index (χ0n) is 15.6. The lowest BCUT2D eigenvalue weighted by Crippen LogP contribution is -2.23. The smallest absolute Gasteiger partial charge is 0.291 e. The number of thiophene rings is 1. The summed E-state index contributed by atoms with van der Waals surface area (Å²) in [6.07, 6.45) is 7.21. The van der Waals surface area contributed by atoms with Crippen LogP contribution < -0.4 is 19.6 Å². The molecule has 3 heterocycles. The van der Waals surface area contributed by atoms with Crippen molar-refractivity contribution in [1.82, 2.24) is 14.6 Å². The Morgan fingerprint density at radius 1 is 1.24 bits per heavy atom. The summed E-state index contributed by atoms with van der Waals surface area (Å²) in [5.41, 5.74) is 0.631. The van der Waals surface area contributed by atoms with Gasteiger partial charge >= 0.3 is 0 Å². The molecule has 0 saturated carbocycles. The molecule has 0 aliphatic heterocycles. The van der Waals surface area contributed by atoms with Gasteiger partial charge < -0.3 is 9.47 Å². The highest BCUT2D eigenvalue weighted by molar-refractivity contribution is 7.15. The molecule has 29 heavy (non-hydrogen) atoms. The topological polar surface area (TPSA) is 65.7 Å². The molecule has 0 saturated heterocycles. The van der Waals surface area contributed by atoms with Gasteiger partial charge in [-0.25, -0.2) is 0 Å². The predicted octanol–water partition coefficient (Wildman–Crippen LogP) is 3.50. The number of benzene rings is 1. The van der Waals surface area contributed by atoms with E-state index in [9.17, 15) is 4.79 Å². The summed E-state index contributed by atoms with van der Waals surface area (Å²) in [6, 6.07) is 9.49. The van der Waals surface area contributed by atoms with Crippen molar-refractivity contribution in [2.45, 2.75) is 0 Å². The Morgan fingerprint density at radius 2 is 2.14 bits per heavy atom. The van der Waals surface area contributed by atoms with E-state index in [2.05, 4.69) is 16.7 Å².